The van der Waals surface area contributed by atoms with E-state index in [9.17, 15) is 23.6 Å². The number of hydrogen-bond donors (Lipinski definition) is 2. The van der Waals surface area contributed by atoms with E-state index in [-0.39, 0.29) is 51.6 Å². The zero-order valence-electron chi connectivity index (χ0n) is 20.9. The van der Waals surface area contributed by atoms with Gasteiger partial charge in [-0.25, -0.2) is 18.4 Å². The van der Waals surface area contributed by atoms with Gasteiger partial charge in [0.05, 0.1) is 33.6 Å². The van der Waals surface area contributed by atoms with Crippen LogP contribution in [-0.2, 0) is 6.54 Å². The Hall–Kier alpha value is -4.77. The highest BCUT2D eigenvalue weighted by molar-refractivity contribution is 6.32. The van der Waals surface area contributed by atoms with Crippen LogP contribution in [0.4, 0.5) is 14.5 Å². The van der Waals surface area contributed by atoms with Gasteiger partial charge < -0.3 is 10.6 Å². The number of amides is 2. The maximum atomic E-state index is 13.6. The summed E-state index contributed by atoms with van der Waals surface area (Å²) >= 11 is 6.32. The molecule has 3 aromatic heterocycles. The Morgan fingerprint density at radius 1 is 1.18 bits per heavy atom. The van der Waals surface area contributed by atoms with Crippen LogP contribution < -0.4 is 10.6 Å². The van der Waals surface area contributed by atoms with E-state index in [0.29, 0.717) is 5.56 Å². The summed E-state index contributed by atoms with van der Waals surface area (Å²) in [6, 6.07) is 9.27. The van der Waals surface area contributed by atoms with Crippen LogP contribution in [0.5, 0.6) is 0 Å². The van der Waals surface area contributed by atoms with Crippen molar-refractivity contribution in [3.05, 3.63) is 75.5 Å². The minimum absolute atomic E-state index is 0.0289. The number of nitrogens with zero attached hydrogens (tertiary/aromatic N) is 8. The number of carbonyl (C=O) groups is 2. The van der Waals surface area contributed by atoms with Crippen molar-refractivity contribution in [1.82, 2.24) is 40.3 Å². The van der Waals surface area contributed by atoms with E-state index in [1.165, 1.54) is 29.1 Å². The van der Waals surface area contributed by atoms with Gasteiger partial charge in [0.2, 0.25) is 5.82 Å². The molecule has 12 nitrogen and oxygen atoms in total. The lowest BCUT2D eigenvalue weighted by atomic mass is 10.0. The first-order valence-electron chi connectivity index (χ1n) is 11.5. The molecule has 0 fully saturated rings. The first-order chi connectivity index (χ1) is 18.6. The molecule has 0 bridgehead atoms. The number of aryl methyl sites for hydroxylation is 1. The molecule has 0 saturated carbocycles. The molecule has 39 heavy (non-hydrogen) atoms. The molecule has 0 atom stereocenters. The average Bonchev–Trinajstić information content (AvgIpc) is 3.52. The van der Waals surface area contributed by atoms with Gasteiger partial charge in [-0.2, -0.15) is 15.2 Å². The molecule has 0 radical (unpaired) electrons. The number of rotatable bonds is 8. The summed E-state index contributed by atoms with van der Waals surface area (Å²) in [6.45, 7) is 5.03. The summed E-state index contributed by atoms with van der Waals surface area (Å²) in [7, 11) is 0. The van der Waals surface area contributed by atoms with E-state index in [1.54, 1.807) is 32.9 Å². The number of carbonyl (C=O) groups excluding carboxylic acids is 2. The second-order valence-electron chi connectivity index (χ2n) is 8.63. The fourth-order valence-electron chi connectivity index (χ4n) is 3.63. The van der Waals surface area contributed by atoms with Gasteiger partial charge in [0.15, 0.2) is 5.82 Å². The molecule has 0 aliphatic rings. The van der Waals surface area contributed by atoms with Crippen molar-refractivity contribution < 1.29 is 18.4 Å². The fraction of sp³-hybridized carbons (Fsp3) is 0.250. The first-order valence-corrected chi connectivity index (χ1v) is 11.9. The predicted molar refractivity (Wildman–Crippen MR) is 135 cm³/mol. The van der Waals surface area contributed by atoms with Crippen LogP contribution in [0.25, 0.3) is 5.82 Å². The normalized spacial score (nSPS) is 11.1. The molecule has 2 N–H and O–H groups in total. The smallest absolute Gasteiger partial charge is 0.301 e. The molecular weight excluding hydrogens is 534 g/mol. The van der Waals surface area contributed by atoms with Crippen LogP contribution in [-0.4, -0.2) is 52.8 Å². The van der Waals surface area contributed by atoms with Crippen LogP contribution in [0.3, 0.4) is 0 Å². The SMILES string of the molecule is Cc1cc(C#N)cc(C(=O)NC(C)C)c1NC(=O)c1cc(Cn2nnc(C(F)F)n2)nn1-c1ncccc1Cl. The van der Waals surface area contributed by atoms with Crippen molar-refractivity contribution in [3.63, 3.8) is 0 Å². The number of alkyl halides is 2. The molecule has 2 amide bonds. The lowest BCUT2D eigenvalue weighted by Gasteiger charge is -2.16. The van der Waals surface area contributed by atoms with E-state index in [0.717, 1.165) is 4.80 Å². The molecule has 3 heterocycles. The van der Waals surface area contributed by atoms with Crippen LogP contribution in [0.2, 0.25) is 5.02 Å². The molecule has 0 saturated heterocycles. The van der Waals surface area contributed by atoms with Crippen LogP contribution in [0, 0.1) is 18.3 Å². The Morgan fingerprint density at radius 2 is 1.95 bits per heavy atom. The largest absolute Gasteiger partial charge is 0.350 e. The Labute approximate surface area is 225 Å². The Morgan fingerprint density at radius 3 is 2.59 bits per heavy atom. The third kappa shape index (κ3) is 6.04. The lowest BCUT2D eigenvalue weighted by molar-refractivity contribution is 0.0944. The monoisotopic (exact) mass is 554 g/mol. The van der Waals surface area contributed by atoms with E-state index in [1.807, 2.05) is 6.07 Å². The standard InChI is InChI=1S/C24H21ClF2N10O2/c1-12(2)30-23(38)16-8-14(10-28)7-13(3)19(16)31-24(39)18-9-15(11-36-34-21(20(26)27)32-35-36)33-37(18)22-17(25)5-4-6-29-22/h4-9,12,20H,11H2,1-3H3,(H,30,38)(H,31,39). The number of anilines is 1. The van der Waals surface area contributed by atoms with Crippen LogP contribution >= 0.6 is 11.6 Å². The minimum atomic E-state index is -2.90. The number of nitriles is 1. The van der Waals surface area contributed by atoms with Gasteiger partial charge in [-0.05, 0) is 61.9 Å². The van der Waals surface area contributed by atoms with Gasteiger partial charge in [0.25, 0.3) is 11.8 Å². The highest BCUT2D eigenvalue weighted by atomic mass is 35.5. The number of pyridine rings is 1. The first kappa shape index (κ1) is 27.3. The molecule has 1 aromatic carbocycles. The van der Waals surface area contributed by atoms with Crippen molar-refractivity contribution in [3.8, 4) is 11.9 Å². The molecule has 0 unspecified atom stereocenters. The lowest BCUT2D eigenvalue weighted by Crippen LogP contribution is -2.31. The van der Waals surface area contributed by atoms with Gasteiger partial charge in [0.1, 0.15) is 12.2 Å². The molecular formula is C24H21ClF2N10O2. The molecule has 4 aromatic rings. The van der Waals surface area contributed by atoms with Crippen molar-refractivity contribution in [1.29, 1.82) is 5.26 Å². The maximum absolute atomic E-state index is 13.6. The molecule has 4 rings (SSSR count). The second kappa shape index (κ2) is 11.3. The van der Waals surface area contributed by atoms with E-state index >= 15 is 0 Å². The fourth-order valence-corrected chi connectivity index (χ4v) is 3.83. The summed E-state index contributed by atoms with van der Waals surface area (Å²) in [5.41, 5.74) is 1.20. The minimum Gasteiger partial charge on any atom is -0.350 e. The Bertz CT molecular complexity index is 1590. The molecule has 15 heteroatoms. The van der Waals surface area contributed by atoms with Gasteiger partial charge in [-0.3, -0.25) is 9.59 Å². The highest BCUT2D eigenvalue weighted by Crippen LogP contribution is 2.26. The molecule has 200 valence electrons. The summed E-state index contributed by atoms with van der Waals surface area (Å²) in [5, 5.41) is 29.9. The zero-order valence-corrected chi connectivity index (χ0v) is 21.6. The Balaban J connectivity index is 1.75. The van der Waals surface area contributed by atoms with Gasteiger partial charge in [-0.15, -0.1) is 10.2 Å². The average molecular weight is 555 g/mol. The van der Waals surface area contributed by atoms with Gasteiger partial charge in [0, 0.05) is 12.2 Å². The molecule has 0 spiro atoms. The number of tetrazole rings is 1. The van der Waals surface area contributed by atoms with E-state index in [2.05, 4.69) is 36.1 Å². The van der Waals surface area contributed by atoms with Crippen LogP contribution in [0.1, 0.15) is 63.8 Å². The Kier molecular flexibility index (Phi) is 7.91. The topological polar surface area (TPSA) is 156 Å². The van der Waals surface area contributed by atoms with Crippen molar-refractivity contribution >= 4 is 29.1 Å². The third-order valence-corrected chi connectivity index (χ3v) is 5.56. The summed E-state index contributed by atoms with van der Waals surface area (Å²) in [6.07, 6.45) is -1.44. The number of nitrogens with one attached hydrogen (secondary N) is 2. The third-order valence-electron chi connectivity index (χ3n) is 5.27. The number of benzene rings is 1. The summed E-state index contributed by atoms with van der Waals surface area (Å²) in [5.74, 6) is -1.77. The van der Waals surface area contributed by atoms with E-state index < -0.39 is 24.1 Å². The number of halogens is 3. The van der Waals surface area contributed by atoms with E-state index in [4.69, 9.17) is 11.6 Å². The highest BCUT2D eigenvalue weighted by Gasteiger charge is 2.24. The van der Waals surface area contributed by atoms with Gasteiger partial charge in [-0.1, -0.05) is 11.6 Å². The molecule has 0 aliphatic heterocycles. The number of hydrogen-bond acceptors (Lipinski definition) is 8. The van der Waals surface area contributed by atoms with Crippen molar-refractivity contribution in [2.45, 2.75) is 39.8 Å². The quantitative estimate of drug-likeness (QED) is 0.335. The number of aromatic nitrogens is 7. The van der Waals surface area contributed by atoms with Gasteiger partial charge >= 0.3 is 6.43 Å². The maximum Gasteiger partial charge on any atom is 0.301 e. The second-order valence-corrected chi connectivity index (χ2v) is 9.04. The predicted octanol–water partition coefficient (Wildman–Crippen LogP) is 3.46. The van der Waals surface area contributed by atoms with Crippen molar-refractivity contribution in [2.24, 2.45) is 0 Å². The summed E-state index contributed by atoms with van der Waals surface area (Å²) < 4.78 is 27.0. The molecule has 0 aliphatic carbocycles. The van der Waals surface area contributed by atoms with Crippen molar-refractivity contribution in [2.75, 3.05) is 5.32 Å². The zero-order chi connectivity index (χ0) is 28.3. The summed E-state index contributed by atoms with van der Waals surface area (Å²) in [4.78, 5) is 31.6. The van der Waals surface area contributed by atoms with Crippen LogP contribution in [0.15, 0.2) is 36.5 Å².